The van der Waals surface area contributed by atoms with Crippen LogP contribution in [0, 0.1) is 0 Å². The van der Waals surface area contributed by atoms with Crippen LogP contribution in [-0.2, 0) is 0 Å². The fourth-order valence-electron chi connectivity index (χ4n) is 9.12. The Labute approximate surface area is 395 Å². The standard InChI is InChI=1S/C64H44N2/c1-4-15-45(16-5-1)48-29-35-57(36-30-48)65(58-37-31-49(32-38-58)46-17-6-2-7-18-46)59-39-33-50(34-40-59)53-42-54(52-28-27-47-19-10-11-20-51(47)41-52)44-55(43-53)60-24-14-26-63-64(60)61-23-12-13-25-62(61)66(63)56-21-8-3-9-22-56/h1-44H/i33D,34D,39D,40D,42D,43D,44D. The quantitative estimate of drug-likeness (QED) is 0.140. The molecule has 12 rings (SSSR count). The molecule has 0 radical (unpaired) electrons. The summed E-state index contributed by atoms with van der Waals surface area (Å²) in [5.41, 5.74) is 9.28. The molecule has 310 valence electrons. The first-order chi connectivity index (χ1) is 35.7. The molecule has 0 N–H and O–H groups in total. The Morgan fingerprint density at radius 1 is 0.318 bits per heavy atom. The molecule has 0 aliphatic heterocycles. The van der Waals surface area contributed by atoms with E-state index in [1.165, 1.54) is 0 Å². The molecule has 12 aromatic rings. The summed E-state index contributed by atoms with van der Waals surface area (Å²) in [7, 11) is 0. The number of para-hydroxylation sites is 2. The van der Waals surface area contributed by atoms with Gasteiger partial charge in [-0.15, -0.1) is 0 Å². The van der Waals surface area contributed by atoms with Crippen LogP contribution in [0.3, 0.4) is 0 Å². The topological polar surface area (TPSA) is 8.17 Å². The van der Waals surface area contributed by atoms with Gasteiger partial charge in [-0.3, -0.25) is 0 Å². The molecule has 0 atom stereocenters. The highest BCUT2D eigenvalue weighted by Gasteiger charge is 2.19. The maximum absolute atomic E-state index is 10.2. The van der Waals surface area contributed by atoms with Crippen LogP contribution in [0.15, 0.2) is 267 Å². The Hall–Kier alpha value is -8.72. The molecule has 1 aromatic heterocycles. The van der Waals surface area contributed by atoms with Gasteiger partial charge in [0.2, 0.25) is 0 Å². The largest absolute Gasteiger partial charge is 0.311 e. The third kappa shape index (κ3) is 7.21. The van der Waals surface area contributed by atoms with Crippen LogP contribution in [-0.4, -0.2) is 4.57 Å². The Morgan fingerprint density at radius 2 is 0.818 bits per heavy atom. The van der Waals surface area contributed by atoms with Gasteiger partial charge in [-0.1, -0.05) is 182 Å². The molecule has 2 nitrogen and oxygen atoms in total. The summed E-state index contributed by atoms with van der Waals surface area (Å²) in [6, 6.07) is 71.1. The van der Waals surface area contributed by atoms with E-state index in [2.05, 4.69) is 10.6 Å². The Kier molecular flexibility index (Phi) is 8.13. The van der Waals surface area contributed by atoms with Gasteiger partial charge >= 0.3 is 0 Å². The second-order valence-corrected chi connectivity index (χ2v) is 16.3. The number of anilines is 3. The number of rotatable bonds is 9. The van der Waals surface area contributed by atoms with Gasteiger partial charge in [-0.05, 0) is 151 Å². The number of nitrogens with zero attached hydrogens (tertiary/aromatic N) is 2. The van der Waals surface area contributed by atoms with Crippen molar-refractivity contribution in [1.29, 1.82) is 0 Å². The van der Waals surface area contributed by atoms with Gasteiger partial charge in [-0.25, -0.2) is 0 Å². The first kappa shape index (κ1) is 32.0. The van der Waals surface area contributed by atoms with Gasteiger partial charge in [0.25, 0.3) is 0 Å². The van der Waals surface area contributed by atoms with Crippen molar-refractivity contribution in [3.63, 3.8) is 0 Å². The van der Waals surface area contributed by atoms with E-state index in [1.54, 1.807) is 4.90 Å². The zero-order valence-corrected chi connectivity index (χ0v) is 35.8. The van der Waals surface area contributed by atoms with Crippen LogP contribution in [0.1, 0.15) is 9.60 Å². The molecule has 0 saturated heterocycles. The predicted molar refractivity (Wildman–Crippen MR) is 280 cm³/mol. The predicted octanol–water partition coefficient (Wildman–Crippen LogP) is 17.7. The summed E-state index contributed by atoms with van der Waals surface area (Å²) in [5.74, 6) is 0. The van der Waals surface area contributed by atoms with E-state index in [0.29, 0.717) is 22.5 Å². The van der Waals surface area contributed by atoms with Gasteiger partial charge in [0.05, 0.1) is 20.6 Å². The molecular formula is C64H44N2. The van der Waals surface area contributed by atoms with Crippen molar-refractivity contribution >= 4 is 49.6 Å². The van der Waals surface area contributed by atoms with Crippen LogP contribution in [0.5, 0.6) is 0 Å². The molecule has 0 unspecified atom stereocenters. The maximum atomic E-state index is 10.2. The third-order valence-corrected chi connectivity index (χ3v) is 12.3. The number of fused-ring (bicyclic) bond motifs is 4. The fraction of sp³-hybridized carbons (Fsp3) is 0. The molecule has 11 aromatic carbocycles. The van der Waals surface area contributed by atoms with Crippen molar-refractivity contribution in [2.75, 3.05) is 4.90 Å². The van der Waals surface area contributed by atoms with Crippen molar-refractivity contribution < 1.29 is 9.60 Å². The second-order valence-electron chi connectivity index (χ2n) is 16.3. The summed E-state index contributed by atoms with van der Waals surface area (Å²) in [4.78, 5) is 1.75. The molecule has 2 heteroatoms. The molecule has 66 heavy (non-hydrogen) atoms. The van der Waals surface area contributed by atoms with Gasteiger partial charge in [0.15, 0.2) is 0 Å². The smallest absolute Gasteiger partial charge is 0.0645 e. The minimum atomic E-state index is -0.406. The number of benzene rings is 11. The molecule has 1 heterocycles. The van der Waals surface area contributed by atoms with E-state index < -0.39 is 12.1 Å². The number of hydrogen-bond acceptors (Lipinski definition) is 1. The first-order valence-electron chi connectivity index (χ1n) is 25.6. The average molecular weight is 848 g/mol. The van der Waals surface area contributed by atoms with Crippen LogP contribution < -0.4 is 4.90 Å². The minimum absolute atomic E-state index is 0.0160. The van der Waals surface area contributed by atoms with E-state index >= 15 is 0 Å². The zero-order chi connectivity index (χ0) is 49.9. The molecule has 0 bridgehead atoms. The normalized spacial score (nSPS) is 12.8. The summed E-state index contributed by atoms with van der Waals surface area (Å²) in [6.45, 7) is 0. The Bertz CT molecular complexity index is 3970. The highest BCUT2D eigenvalue weighted by Crippen LogP contribution is 2.43. The molecule has 0 aliphatic carbocycles. The van der Waals surface area contributed by atoms with Crippen molar-refractivity contribution in [3.05, 3.63) is 267 Å². The number of hydrogen-bond donors (Lipinski definition) is 0. The Balaban J connectivity index is 1.11. The lowest BCUT2D eigenvalue weighted by Gasteiger charge is -2.26. The van der Waals surface area contributed by atoms with Gasteiger partial charge in [0.1, 0.15) is 0 Å². The molecule has 0 spiro atoms. The van der Waals surface area contributed by atoms with Gasteiger partial charge in [0, 0.05) is 33.5 Å². The zero-order valence-electron chi connectivity index (χ0n) is 42.8. The minimum Gasteiger partial charge on any atom is -0.311 e. The van der Waals surface area contributed by atoms with E-state index in [4.69, 9.17) is 0 Å². The van der Waals surface area contributed by atoms with E-state index in [9.17, 15) is 9.60 Å². The van der Waals surface area contributed by atoms with E-state index in [1.807, 2.05) is 218 Å². The lowest BCUT2D eigenvalue weighted by atomic mass is 9.91. The lowest BCUT2D eigenvalue weighted by molar-refractivity contribution is 1.18. The molecule has 0 aliphatic rings. The SMILES string of the molecule is [2H]c1c([2H])c(N(c2ccc(-c3ccccc3)cc2)c2ccc(-c3ccccc3)cc2)c([2H])c([2H])c1-c1c([2H])c(-c2ccc3ccccc3c2)c([2H])c(-c2cccc3c2c2ccccc2n3-c2ccccc2)c1[2H]. The highest BCUT2D eigenvalue weighted by atomic mass is 15.1. The van der Waals surface area contributed by atoms with Crippen molar-refractivity contribution in [1.82, 2.24) is 4.57 Å². The van der Waals surface area contributed by atoms with Crippen LogP contribution >= 0.6 is 0 Å². The summed E-state index contributed by atoms with van der Waals surface area (Å²) < 4.78 is 72.2. The van der Waals surface area contributed by atoms with Crippen molar-refractivity contribution in [3.8, 4) is 61.3 Å². The van der Waals surface area contributed by atoms with Crippen LogP contribution in [0.4, 0.5) is 17.1 Å². The molecule has 0 saturated carbocycles. The number of aromatic nitrogens is 1. The molecular weight excluding hydrogens is 797 g/mol. The lowest BCUT2D eigenvalue weighted by Crippen LogP contribution is -2.09. The van der Waals surface area contributed by atoms with Gasteiger partial charge in [-0.2, -0.15) is 0 Å². The summed E-state index contributed by atoms with van der Waals surface area (Å²) >= 11 is 0. The highest BCUT2D eigenvalue weighted by molar-refractivity contribution is 6.16. The second kappa shape index (κ2) is 16.8. The van der Waals surface area contributed by atoms with Crippen molar-refractivity contribution in [2.24, 2.45) is 0 Å². The maximum Gasteiger partial charge on any atom is 0.0645 e. The van der Waals surface area contributed by atoms with E-state index in [0.717, 1.165) is 60.5 Å². The third-order valence-electron chi connectivity index (χ3n) is 12.3. The fourth-order valence-corrected chi connectivity index (χ4v) is 9.12. The average Bonchev–Trinajstić information content (AvgIpc) is 3.79. The monoisotopic (exact) mass is 847 g/mol. The first-order valence-corrected chi connectivity index (χ1v) is 22.1. The van der Waals surface area contributed by atoms with Gasteiger partial charge < -0.3 is 9.47 Å². The summed E-state index contributed by atoms with van der Waals surface area (Å²) in [6.07, 6.45) is 0. The molecule has 0 fully saturated rings. The van der Waals surface area contributed by atoms with Crippen LogP contribution in [0.2, 0.25) is 0 Å². The van der Waals surface area contributed by atoms with E-state index in [-0.39, 0.29) is 58.2 Å². The molecule has 0 amide bonds. The summed E-state index contributed by atoms with van der Waals surface area (Å²) in [5, 5.41) is 3.58. The van der Waals surface area contributed by atoms with Crippen molar-refractivity contribution in [2.45, 2.75) is 0 Å². The Morgan fingerprint density at radius 3 is 1.47 bits per heavy atom. The van der Waals surface area contributed by atoms with Crippen LogP contribution in [0.25, 0.3) is 93.9 Å².